The normalized spacial score (nSPS) is 19.9. The van der Waals surface area contributed by atoms with Crippen molar-refractivity contribution in [2.24, 2.45) is 5.92 Å². The highest BCUT2D eigenvalue weighted by molar-refractivity contribution is 5.93. The van der Waals surface area contributed by atoms with E-state index in [2.05, 4.69) is 15.6 Å². The highest BCUT2D eigenvalue weighted by Gasteiger charge is 2.13. The zero-order valence-electron chi connectivity index (χ0n) is 9.98. The van der Waals surface area contributed by atoms with Gasteiger partial charge in [-0.1, -0.05) is 0 Å². The molecule has 1 saturated heterocycles. The van der Waals surface area contributed by atoms with Crippen molar-refractivity contribution in [1.82, 2.24) is 15.6 Å². The standard InChI is InChI=1S/C13H19N3O/c17-13(12-4-7-14-8-5-12)16-9-3-11-2-1-6-15-10-11/h4-5,7-8,11,15H,1-3,6,9-10H2,(H,16,17). The first-order chi connectivity index (χ1) is 8.36. The Morgan fingerprint density at radius 3 is 3.00 bits per heavy atom. The molecule has 2 N–H and O–H groups in total. The first-order valence-electron chi connectivity index (χ1n) is 6.25. The van der Waals surface area contributed by atoms with Gasteiger partial charge in [0, 0.05) is 24.5 Å². The third-order valence-electron chi connectivity index (χ3n) is 3.18. The Bertz CT molecular complexity index is 347. The van der Waals surface area contributed by atoms with Gasteiger partial charge in [-0.15, -0.1) is 0 Å². The zero-order chi connectivity index (χ0) is 11.9. The molecule has 1 aliphatic heterocycles. The summed E-state index contributed by atoms with van der Waals surface area (Å²) >= 11 is 0. The average Bonchev–Trinajstić information content (AvgIpc) is 2.41. The Morgan fingerprint density at radius 2 is 2.29 bits per heavy atom. The lowest BCUT2D eigenvalue weighted by atomic mass is 9.96. The molecule has 4 heteroatoms. The first kappa shape index (κ1) is 12.0. The summed E-state index contributed by atoms with van der Waals surface area (Å²) < 4.78 is 0. The molecular formula is C13H19N3O. The number of aromatic nitrogens is 1. The van der Waals surface area contributed by atoms with Crippen molar-refractivity contribution >= 4 is 5.91 Å². The van der Waals surface area contributed by atoms with Crippen molar-refractivity contribution in [3.05, 3.63) is 30.1 Å². The van der Waals surface area contributed by atoms with Crippen molar-refractivity contribution in [1.29, 1.82) is 0 Å². The zero-order valence-corrected chi connectivity index (χ0v) is 9.98. The molecular weight excluding hydrogens is 214 g/mol. The van der Waals surface area contributed by atoms with E-state index in [0.29, 0.717) is 11.5 Å². The summed E-state index contributed by atoms with van der Waals surface area (Å²) in [5.41, 5.74) is 0.682. The van der Waals surface area contributed by atoms with Crippen LogP contribution in [0.15, 0.2) is 24.5 Å². The minimum Gasteiger partial charge on any atom is -0.352 e. The molecule has 0 aliphatic carbocycles. The number of carbonyl (C=O) groups excluding carboxylic acids is 1. The molecule has 1 atom stereocenters. The summed E-state index contributed by atoms with van der Waals surface area (Å²) in [6, 6.07) is 3.47. The monoisotopic (exact) mass is 233 g/mol. The summed E-state index contributed by atoms with van der Waals surface area (Å²) in [6.45, 7) is 2.98. The highest BCUT2D eigenvalue weighted by atomic mass is 16.1. The largest absolute Gasteiger partial charge is 0.352 e. The van der Waals surface area contributed by atoms with Gasteiger partial charge in [-0.05, 0) is 50.4 Å². The Labute approximate surface area is 102 Å². The molecule has 0 bridgehead atoms. The molecule has 2 rings (SSSR count). The van der Waals surface area contributed by atoms with E-state index in [1.807, 2.05) is 0 Å². The number of pyridine rings is 1. The van der Waals surface area contributed by atoms with Gasteiger partial charge < -0.3 is 10.6 Å². The van der Waals surface area contributed by atoms with Crippen LogP contribution in [0, 0.1) is 5.92 Å². The number of carbonyl (C=O) groups is 1. The second-order valence-corrected chi connectivity index (χ2v) is 4.49. The van der Waals surface area contributed by atoms with Gasteiger partial charge in [0.05, 0.1) is 0 Å². The molecule has 4 nitrogen and oxygen atoms in total. The number of hydrogen-bond donors (Lipinski definition) is 2. The molecule has 1 fully saturated rings. The summed E-state index contributed by atoms with van der Waals surface area (Å²) in [7, 11) is 0. The first-order valence-corrected chi connectivity index (χ1v) is 6.25. The SMILES string of the molecule is O=C(NCCC1CCCNC1)c1ccncc1. The fraction of sp³-hybridized carbons (Fsp3) is 0.538. The lowest BCUT2D eigenvalue weighted by Gasteiger charge is -2.22. The number of rotatable bonds is 4. The van der Waals surface area contributed by atoms with E-state index in [4.69, 9.17) is 0 Å². The molecule has 1 aromatic rings. The lowest BCUT2D eigenvalue weighted by molar-refractivity contribution is 0.0950. The molecule has 1 unspecified atom stereocenters. The summed E-state index contributed by atoms with van der Waals surface area (Å²) in [5, 5.41) is 6.34. The molecule has 0 aromatic carbocycles. The predicted molar refractivity (Wildman–Crippen MR) is 66.8 cm³/mol. The second kappa shape index (κ2) is 6.35. The van der Waals surface area contributed by atoms with Crippen molar-refractivity contribution in [3.8, 4) is 0 Å². The molecule has 17 heavy (non-hydrogen) atoms. The fourth-order valence-corrected chi connectivity index (χ4v) is 2.17. The van der Waals surface area contributed by atoms with E-state index < -0.39 is 0 Å². The number of nitrogens with one attached hydrogen (secondary N) is 2. The van der Waals surface area contributed by atoms with E-state index in [0.717, 1.165) is 26.1 Å². The Kier molecular flexibility index (Phi) is 4.50. The van der Waals surface area contributed by atoms with Crippen LogP contribution in [0.3, 0.4) is 0 Å². The van der Waals surface area contributed by atoms with Gasteiger partial charge in [-0.25, -0.2) is 0 Å². The Morgan fingerprint density at radius 1 is 1.47 bits per heavy atom. The van der Waals surface area contributed by atoms with E-state index >= 15 is 0 Å². The van der Waals surface area contributed by atoms with Gasteiger partial charge in [0.15, 0.2) is 0 Å². The van der Waals surface area contributed by atoms with Gasteiger partial charge >= 0.3 is 0 Å². The molecule has 92 valence electrons. The third-order valence-corrected chi connectivity index (χ3v) is 3.18. The fourth-order valence-electron chi connectivity index (χ4n) is 2.17. The van der Waals surface area contributed by atoms with E-state index in [9.17, 15) is 4.79 Å². The van der Waals surface area contributed by atoms with Crippen LogP contribution in [0.1, 0.15) is 29.6 Å². The van der Waals surface area contributed by atoms with Crippen molar-refractivity contribution < 1.29 is 4.79 Å². The Hall–Kier alpha value is -1.42. The van der Waals surface area contributed by atoms with E-state index in [1.54, 1.807) is 24.5 Å². The molecule has 0 saturated carbocycles. The minimum absolute atomic E-state index is 0.00355. The van der Waals surface area contributed by atoms with Crippen LogP contribution in [-0.2, 0) is 0 Å². The molecule has 1 amide bonds. The van der Waals surface area contributed by atoms with E-state index in [-0.39, 0.29) is 5.91 Å². The highest BCUT2D eigenvalue weighted by Crippen LogP contribution is 2.12. The summed E-state index contributed by atoms with van der Waals surface area (Å²) in [4.78, 5) is 15.6. The maximum Gasteiger partial charge on any atom is 0.251 e. The van der Waals surface area contributed by atoms with Crippen LogP contribution < -0.4 is 10.6 Å². The van der Waals surface area contributed by atoms with Crippen molar-refractivity contribution in [2.45, 2.75) is 19.3 Å². The van der Waals surface area contributed by atoms with Crippen LogP contribution >= 0.6 is 0 Å². The Balaban J connectivity index is 1.69. The van der Waals surface area contributed by atoms with Crippen LogP contribution in [-0.4, -0.2) is 30.5 Å². The molecule has 0 spiro atoms. The second-order valence-electron chi connectivity index (χ2n) is 4.49. The average molecular weight is 233 g/mol. The van der Waals surface area contributed by atoms with Crippen molar-refractivity contribution in [3.63, 3.8) is 0 Å². The summed E-state index contributed by atoms with van der Waals surface area (Å²) in [5.74, 6) is 0.706. The van der Waals surface area contributed by atoms with Gasteiger partial charge in [0.25, 0.3) is 5.91 Å². The topological polar surface area (TPSA) is 54.0 Å². The number of amides is 1. The van der Waals surface area contributed by atoms with Crippen LogP contribution in [0.5, 0.6) is 0 Å². The predicted octanol–water partition coefficient (Wildman–Crippen LogP) is 1.20. The molecule has 0 radical (unpaired) electrons. The quantitative estimate of drug-likeness (QED) is 0.821. The van der Waals surface area contributed by atoms with Crippen LogP contribution in [0.2, 0.25) is 0 Å². The maximum absolute atomic E-state index is 11.7. The van der Waals surface area contributed by atoms with Gasteiger partial charge in [0.1, 0.15) is 0 Å². The van der Waals surface area contributed by atoms with Crippen LogP contribution in [0.25, 0.3) is 0 Å². The van der Waals surface area contributed by atoms with Gasteiger partial charge in [0.2, 0.25) is 0 Å². The number of piperidine rings is 1. The third kappa shape index (κ3) is 3.82. The van der Waals surface area contributed by atoms with E-state index in [1.165, 1.54) is 12.8 Å². The number of hydrogen-bond acceptors (Lipinski definition) is 3. The minimum atomic E-state index is -0.00355. The van der Waals surface area contributed by atoms with Crippen LogP contribution in [0.4, 0.5) is 0 Å². The van der Waals surface area contributed by atoms with Gasteiger partial charge in [-0.3, -0.25) is 9.78 Å². The lowest BCUT2D eigenvalue weighted by Crippen LogP contribution is -2.33. The molecule has 2 heterocycles. The van der Waals surface area contributed by atoms with Crippen molar-refractivity contribution in [2.75, 3.05) is 19.6 Å². The number of nitrogens with zero attached hydrogens (tertiary/aromatic N) is 1. The summed E-state index contributed by atoms with van der Waals surface area (Å²) in [6.07, 6.45) is 6.87. The molecule has 1 aromatic heterocycles. The van der Waals surface area contributed by atoms with Gasteiger partial charge in [-0.2, -0.15) is 0 Å². The maximum atomic E-state index is 11.7. The smallest absolute Gasteiger partial charge is 0.251 e. The molecule has 1 aliphatic rings.